The third-order valence-electron chi connectivity index (χ3n) is 3.08. The van der Waals surface area contributed by atoms with Gasteiger partial charge in [0.05, 0.1) is 0 Å². The average Bonchev–Trinajstić information content (AvgIpc) is 2.50. The summed E-state index contributed by atoms with van der Waals surface area (Å²) in [6, 6.07) is 0.494. The van der Waals surface area contributed by atoms with Gasteiger partial charge in [-0.1, -0.05) is 0 Å². The van der Waals surface area contributed by atoms with E-state index in [1.807, 2.05) is 18.9 Å². The topological polar surface area (TPSA) is 49.6 Å². The lowest BCUT2D eigenvalue weighted by Gasteiger charge is -2.26. The molecule has 0 radical (unpaired) electrons. The molecule has 0 saturated carbocycles. The maximum Gasteiger partial charge on any atom is 0.223 e. The summed E-state index contributed by atoms with van der Waals surface area (Å²) >= 11 is 0. The molecule has 2 N–H and O–H groups in total. The van der Waals surface area contributed by atoms with Gasteiger partial charge < -0.3 is 15.5 Å². The van der Waals surface area contributed by atoms with E-state index in [4.69, 9.17) is 5.73 Å². The molecule has 0 bridgehead atoms. The maximum absolute atomic E-state index is 11.7. The minimum Gasteiger partial charge on any atom is -0.344 e. The molecule has 0 aromatic rings. The van der Waals surface area contributed by atoms with Gasteiger partial charge in [-0.3, -0.25) is 4.79 Å². The van der Waals surface area contributed by atoms with Gasteiger partial charge in [0.25, 0.3) is 0 Å². The minimum absolute atomic E-state index is 0.0405. The van der Waals surface area contributed by atoms with Crippen molar-refractivity contribution in [1.29, 1.82) is 0 Å². The molecule has 0 spiro atoms. The Morgan fingerprint density at radius 1 is 1.67 bits per heavy atom. The smallest absolute Gasteiger partial charge is 0.223 e. The van der Waals surface area contributed by atoms with Gasteiger partial charge in [-0.25, -0.2) is 0 Å². The number of likely N-dealkylation sites (tertiary alicyclic amines) is 1. The Kier molecular flexibility index (Phi) is 4.54. The number of nitrogens with zero attached hydrogens (tertiary/aromatic N) is 2. The SMILES string of the molecule is CC(N)CC(=O)N(C)CC1CCCN1C. The number of hydrogen-bond donors (Lipinski definition) is 1. The molecule has 88 valence electrons. The first-order chi connectivity index (χ1) is 7.00. The lowest BCUT2D eigenvalue weighted by atomic mass is 10.2. The van der Waals surface area contributed by atoms with Crippen molar-refractivity contribution in [2.24, 2.45) is 5.73 Å². The van der Waals surface area contributed by atoms with Gasteiger partial charge in [-0.2, -0.15) is 0 Å². The highest BCUT2D eigenvalue weighted by atomic mass is 16.2. The monoisotopic (exact) mass is 213 g/mol. The molecule has 2 unspecified atom stereocenters. The Hall–Kier alpha value is -0.610. The summed E-state index contributed by atoms with van der Waals surface area (Å²) in [4.78, 5) is 15.8. The van der Waals surface area contributed by atoms with Gasteiger partial charge in [-0.05, 0) is 33.4 Å². The molecule has 1 saturated heterocycles. The van der Waals surface area contributed by atoms with Gasteiger partial charge in [0.15, 0.2) is 0 Å². The number of rotatable bonds is 4. The molecule has 1 aliphatic rings. The summed E-state index contributed by atoms with van der Waals surface area (Å²) < 4.78 is 0. The highest BCUT2D eigenvalue weighted by molar-refractivity contribution is 5.76. The molecule has 0 aromatic carbocycles. The molecular weight excluding hydrogens is 190 g/mol. The summed E-state index contributed by atoms with van der Waals surface area (Å²) in [5.74, 6) is 0.158. The van der Waals surface area contributed by atoms with Crippen molar-refractivity contribution in [3.8, 4) is 0 Å². The predicted octanol–water partition coefficient (Wildman–Crippen LogP) is 0.276. The van der Waals surface area contributed by atoms with E-state index >= 15 is 0 Å². The fourth-order valence-electron chi connectivity index (χ4n) is 2.06. The van der Waals surface area contributed by atoms with E-state index in [-0.39, 0.29) is 11.9 Å². The summed E-state index contributed by atoms with van der Waals surface area (Å²) in [5, 5.41) is 0. The summed E-state index contributed by atoms with van der Waals surface area (Å²) in [5.41, 5.74) is 5.61. The van der Waals surface area contributed by atoms with Gasteiger partial charge in [-0.15, -0.1) is 0 Å². The lowest BCUT2D eigenvalue weighted by Crippen LogP contribution is -2.41. The Morgan fingerprint density at radius 2 is 2.33 bits per heavy atom. The Labute approximate surface area is 92.4 Å². The lowest BCUT2D eigenvalue weighted by molar-refractivity contribution is -0.130. The molecule has 1 amide bonds. The number of nitrogens with two attached hydrogens (primary N) is 1. The quantitative estimate of drug-likeness (QED) is 0.729. The van der Waals surface area contributed by atoms with Crippen molar-refractivity contribution in [3.05, 3.63) is 0 Å². The first-order valence-corrected chi connectivity index (χ1v) is 5.70. The molecule has 1 aliphatic heterocycles. The second kappa shape index (κ2) is 5.47. The standard InChI is InChI=1S/C11H23N3O/c1-9(12)7-11(15)14(3)8-10-5-4-6-13(10)2/h9-10H,4-8,12H2,1-3H3. The molecule has 1 heterocycles. The third-order valence-corrected chi connectivity index (χ3v) is 3.08. The van der Waals surface area contributed by atoms with Crippen molar-refractivity contribution < 1.29 is 4.79 Å². The van der Waals surface area contributed by atoms with E-state index in [1.165, 1.54) is 12.8 Å². The minimum atomic E-state index is -0.0405. The molecule has 0 aliphatic carbocycles. The molecule has 0 aromatic heterocycles. The highest BCUT2D eigenvalue weighted by Gasteiger charge is 2.23. The maximum atomic E-state index is 11.7. The normalized spacial score (nSPS) is 24.1. The van der Waals surface area contributed by atoms with E-state index in [9.17, 15) is 4.79 Å². The van der Waals surface area contributed by atoms with Crippen LogP contribution in [0.4, 0.5) is 0 Å². The van der Waals surface area contributed by atoms with Crippen LogP contribution < -0.4 is 5.73 Å². The molecule has 4 heteroatoms. The largest absolute Gasteiger partial charge is 0.344 e. The van der Waals surface area contributed by atoms with Crippen molar-refractivity contribution >= 4 is 5.91 Å². The average molecular weight is 213 g/mol. The van der Waals surface area contributed by atoms with Crippen LogP contribution in [-0.2, 0) is 4.79 Å². The molecule has 4 nitrogen and oxygen atoms in total. The summed E-state index contributed by atoms with van der Waals surface area (Å²) in [6.07, 6.45) is 2.90. The van der Waals surface area contributed by atoms with Crippen LogP contribution in [0.25, 0.3) is 0 Å². The number of hydrogen-bond acceptors (Lipinski definition) is 3. The van der Waals surface area contributed by atoms with E-state index in [1.54, 1.807) is 0 Å². The molecule has 1 rings (SSSR count). The Balaban J connectivity index is 2.34. The zero-order chi connectivity index (χ0) is 11.4. The predicted molar refractivity (Wildman–Crippen MR) is 61.6 cm³/mol. The van der Waals surface area contributed by atoms with E-state index in [0.29, 0.717) is 12.5 Å². The zero-order valence-electron chi connectivity index (χ0n) is 10.1. The summed E-state index contributed by atoms with van der Waals surface area (Å²) in [7, 11) is 4.00. The number of carbonyl (C=O) groups excluding carboxylic acids is 1. The van der Waals surface area contributed by atoms with Gasteiger partial charge in [0, 0.05) is 32.1 Å². The van der Waals surface area contributed by atoms with E-state index in [0.717, 1.165) is 13.1 Å². The number of carbonyl (C=O) groups is 1. The second-order valence-corrected chi connectivity index (χ2v) is 4.73. The zero-order valence-corrected chi connectivity index (χ0v) is 10.1. The molecule has 15 heavy (non-hydrogen) atoms. The fourth-order valence-corrected chi connectivity index (χ4v) is 2.06. The third kappa shape index (κ3) is 3.80. The van der Waals surface area contributed by atoms with Crippen LogP contribution in [0.15, 0.2) is 0 Å². The van der Waals surface area contributed by atoms with Crippen molar-refractivity contribution in [2.45, 2.75) is 38.3 Å². The number of likely N-dealkylation sites (N-methyl/N-ethyl adjacent to an activating group) is 2. The van der Waals surface area contributed by atoms with Crippen LogP contribution in [0.5, 0.6) is 0 Å². The van der Waals surface area contributed by atoms with Crippen LogP contribution >= 0.6 is 0 Å². The molecule has 1 fully saturated rings. The molecule has 2 atom stereocenters. The van der Waals surface area contributed by atoms with Crippen LogP contribution in [0.1, 0.15) is 26.2 Å². The summed E-state index contributed by atoms with van der Waals surface area (Å²) in [6.45, 7) is 3.86. The van der Waals surface area contributed by atoms with Gasteiger partial charge >= 0.3 is 0 Å². The highest BCUT2D eigenvalue weighted by Crippen LogP contribution is 2.15. The van der Waals surface area contributed by atoms with E-state index < -0.39 is 0 Å². The van der Waals surface area contributed by atoms with Gasteiger partial charge in [0.2, 0.25) is 5.91 Å². The fraction of sp³-hybridized carbons (Fsp3) is 0.909. The van der Waals surface area contributed by atoms with Crippen LogP contribution in [0.2, 0.25) is 0 Å². The number of amides is 1. The van der Waals surface area contributed by atoms with Crippen molar-refractivity contribution in [2.75, 3.05) is 27.2 Å². The Morgan fingerprint density at radius 3 is 2.80 bits per heavy atom. The first kappa shape index (κ1) is 12.5. The van der Waals surface area contributed by atoms with Crippen molar-refractivity contribution in [3.63, 3.8) is 0 Å². The van der Waals surface area contributed by atoms with Crippen LogP contribution in [0, 0.1) is 0 Å². The van der Waals surface area contributed by atoms with E-state index in [2.05, 4.69) is 11.9 Å². The first-order valence-electron chi connectivity index (χ1n) is 5.70. The van der Waals surface area contributed by atoms with Crippen molar-refractivity contribution in [1.82, 2.24) is 9.80 Å². The van der Waals surface area contributed by atoms with Crippen LogP contribution in [-0.4, -0.2) is 55.0 Å². The molecular formula is C11H23N3O. The van der Waals surface area contributed by atoms with Crippen LogP contribution in [0.3, 0.4) is 0 Å². The van der Waals surface area contributed by atoms with Gasteiger partial charge in [0.1, 0.15) is 0 Å². The second-order valence-electron chi connectivity index (χ2n) is 4.73. The Bertz CT molecular complexity index is 218.